The van der Waals surface area contributed by atoms with Gasteiger partial charge in [-0.3, -0.25) is 0 Å². The molecule has 90 valence electrons. The summed E-state index contributed by atoms with van der Waals surface area (Å²) < 4.78 is 0.898. The molecule has 2 aromatic carbocycles. The van der Waals surface area contributed by atoms with Crippen LogP contribution >= 0.6 is 15.9 Å². The van der Waals surface area contributed by atoms with Crippen molar-refractivity contribution in [2.75, 3.05) is 5.32 Å². The topological polar surface area (TPSA) is 35.8 Å². The third-order valence-corrected chi connectivity index (χ3v) is 3.16. The van der Waals surface area contributed by atoms with Gasteiger partial charge in [-0.1, -0.05) is 28.1 Å². The van der Waals surface area contributed by atoms with Crippen molar-refractivity contribution >= 4 is 27.3 Å². The van der Waals surface area contributed by atoms with Crippen molar-refractivity contribution in [2.45, 2.75) is 13.8 Å². The van der Waals surface area contributed by atoms with E-state index in [0.29, 0.717) is 5.56 Å². The largest absolute Gasteiger partial charge is 0.355 e. The number of hydrogen-bond donors (Lipinski definition) is 1. The van der Waals surface area contributed by atoms with E-state index in [2.05, 4.69) is 59.4 Å². The molecule has 2 aromatic rings. The minimum Gasteiger partial charge on any atom is -0.355 e. The van der Waals surface area contributed by atoms with Crippen LogP contribution in [0.25, 0.3) is 0 Å². The van der Waals surface area contributed by atoms with Crippen LogP contribution in [0.2, 0.25) is 0 Å². The van der Waals surface area contributed by atoms with Crippen molar-refractivity contribution in [3.05, 3.63) is 57.6 Å². The van der Waals surface area contributed by atoms with Crippen LogP contribution in [0.1, 0.15) is 16.7 Å². The molecular formula is C15H13BrN2. The standard InChI is InChI=1S/C15H13BrN2/c1-10-3-4-11(2)15(5-10)18-14-7-12(9-17)6-13(16)8-14/h3-8,18H,1-2H3. The Kier molecular flexibility index (Phi) is 3.69. The zero-order valence-electron chi connectivity index (χ0n) is 10.3. The van der Waals surface area contributed by atoms with Gasteiger partial charge in [0.15, 0.2) is 0 Å². The van der Waals surface area contributed by atoms with Crippen molar-refractivity contribution in [1.29, 1.82) is 5.26 Å². The lowest BCUT2D eigenvalue weighted by atomic mass is 10.1. The molecule has 0 atom stereocenters. The zero-order valence-corrected chi connectivity index (χ0v) is 11.9. The number of halogens is 1. The molecule has 0 aliphatic carbocycles. The zero-order chi connectivity index (χ0) is 13.1. The van der Waals surface area contributed by atoms with E-state index >= 15 is 0 Å². The quantitative estimate of drug-likeness (QED) is 0.874. The lowest BCUT2D eigenvalue weighted by molar-refractivity contribution is 1.37. The average Bonchev–Trinajstić information content (AvgIpc) is 2.33. The SMILES string of the molecule is Cc1ccc(C)c(Nc2cc(Br)cc(C#N)c2)c1. The van der Waals surface area contributed by atoms with Crippen LogP contribution in [0.5, 0.6) is 0 Å². The number of benzene rings is 2. The molecule has 18 heavy (non-hydrogen) atoms. The lowest BCUT2D eigenvalue weighted by Crippen LogP contribution is -1.94. The monoisotopic (exact) mass is 300 g/mol. The van der Waals surface area contributed by atoms with Gasteiger partial charge in [0, 0.05) is 15.8 Å². The maximum Gasteiger partial charge on any atom is 0.0992 e. The van der Waals surface area contributed by atoms with Gasteiger partial charge < -0.3 is 5.32 Å². The second-order valence-electron chi connectivity index (χ2n) is 4.28. The number of aryl methyl sites for hydroxylation is 2. The molecule has 1 N–H and O–H groups in total. The summed E-state index contributed by atoms with van der Waals surface area (Å²) in [7, 11) is 0. The maximum absolute atomic E-state index is 8.95. The van der Waals surface area contributed by atoms with Crippen LogP contribution in [0, 0.1) is 25.2 Å². The Bertz CT molecular complexity index is 627. The summed E-state index contributed by atoms with van der Waals surface area (Å²) in [5.41, 5.74) is 5.00. The van der Waals surface area contributed by atoms with E-state index in [1.807, 2.05) is 12.1 Å². The predicted molar refractivity (Wildman–Crippen MR) is 78.1 cm³/mol. The number of rotatable bonds is 2. The Morgan fingerprint density at radius 2 is 1.89 bits per heavy atom. The van der Waals surface area contributed by atoms with Gasteiger partial charge in [-0.05, 0) is 49.2 Å². The second kappa shape index (κ2) is 5.24. The molecule has 0 saturated carbocycles. The first-order chi connectivity index (χ1) is 8.58. The molecule has 0 radical (unpaired) electrons. The summed E-state index contributed by atoms with van der Waals surface area (Å²) in [5.74, 6) is 0. The number of hydrogen-bond acceptors (Lipinski definition) is 2. The molecule has 0 aliphatic rings. The van der Waals surface area contributed by atoms with E-state index in [0.717, 1.165) is 15.8 Å². The number of anilines is 2. The van der Waals surface area contributed by atoms with E-state index in [4.69, 9.17) is 5.26 Å². The normalized spacial score (nSPS) is 9.89. The van der Waals surface area contributed by atoms with Gasteiger partial charge in [-0.15, -0.1) is 0 Å². The molecule has 0 unspecified atom stereocenters. The highest BCUT2D eigenvalue weighted by Crippen LogP contribution is 2.25. The summed E-state index contributed by atoms with van der Waals surface area (Å²) in [4.78, 5) is 0. The molecule has 0 spiro atoms. The number of nitrogens with zero attached hydrogens (tertiary/aromatic N) is 1. The van der Waals surface area contributed by atoms with Crippen LogP contribution in [0.15, 0.2) is 40.9 Å². The molecule has 0 aromatic heterocycles. The van der Waals surface area contributed by atoms with Gasteiger partial charge in [0.05, 0.1) is 11.6 Å². The molecular weight excluding hydrogens is 288 g/mol. The highest BCUT2D eigenvalue weighted by atomic mass is 79.9. The van der Waals surface area contributed by atoms with E-state index in [1.54, 1.807) is 6.07 Å². The molecule has 0 heterocycles. The lowest BCUT2D eigenvalue weighted by Gasteiger charge is -2.11. The Hall–Kier alpha value is -1.79. The van der Waals surface area contributed by atoms with Crippen molar-refractivity contribution in [2.24, 2.45) is 0 Å². The fraction of sp³-hybridized carbons (Fsp3) is 0.133. The molecule has 2 nitrogen and oxygen atoms in total. The maximum atomic E-state index is 8.95. The van der Waals surface area contributed by atoms with E-state index in [1.165, 1.54) is 11.1 Å². The van der Waals surface area contributed by atoms with Gasteiger partial charge in [-0.2, -0.15) is 5.26 Å². The number of nitriles is 1. The van der Waals surface area contributed by atoms with Crippen LogP contribution in [0.3, 0.4) is 0 Å². The van der Waals surface area contributed by atoms with Gasteiger partial charge >= 0.3 is 0 Å². The first-order valence-electron chi connectivity index (χ1n) is 5.63. The minimum absolute atomic E-state index is 0.636. The van der Waals surface area contributed by atoms with Crippen molar-refractivity contribution in [3.8, 4) is 6.07 Å². The third-order valence-electron chi connectivity index (χ3n) is 2.70. The van der Waals surface area contributed by atoms with Gasteiger partial charge in [0.2, 0.25) is 0 Å². The van der Waals surface area contributed by atoms with Crippen LogP contribution in [0.4, 0.5) is 11.4 Å². The van der Waals surface area contributed by atoms with E-state index in [9.17, 15) is 0 Å². The first-order valence-corrected chi connectivity index (χ1v) is 6.43. The summed E-state index contributed by atoms with van der Waals surface area (Å²) >= 11 is 3.41. The van der Waals surface area contributed by atoms with Gasteiger partial charge in [0.1, 0.15) is 0 Å². The van der Waals surface area contributed by atoms with Crippen LogP contribution < -0.4 is 5.32 Å². The van der Waals surface area contributed by atoms with Crippen LogP contribution in [-0.2, 0) is 0 Å². The molecule has 0 fully saturated rings. The van der Waals surface area contributed by atoms with Crippen molar-refractivity contribution in [3.63, 3.8) is 0 Å². The third kappa shape index (κ3) is 2.91. The average molecular weight is 301 g/mol. The van der Waals surface area contributed by atoms with Crippen molar-refractivity contribution in [1.82, 2.24) is 0 Å². The second-order valence-corrected chi connectivity index (χ2v) is 5.20. The molecule has 0 amide bonds. The van der Waals surface area contributed by atoms with Crippen LogP contribution in [-0.4, -0.2) is 0 Å². The minimum atomic E-state index is 0.636. The highest BCUT2D eigenvalue weighted by Gasteiger charge is 2.02. The Balaban J connectivity index is 2.37. The summed E-state index contributed by atoms with van der Waals surface area (Å²) in [6, 6.07) is 14.0. The van der Waals surface area contributed by atoms with Crippen molar-refractivity contribution < 1.29 is 0 Å². The smallest absolute Gasteiger partial charge is 0.0992 e. The Morgan fingerprint density at radius 3 is 2.61 bits per heavy atom. The summed E-state index contributed by atoms with van der Waals surface area (Å²) in [6.45, 7) is 4.12. The molecule has 0 bridgehead atoms. The summed E-state index contributed by atoms with van der Waals surface area (Å²) in [5, 5.41) is 12.3. The Morgan fingerprint density at radius 1 is 1.11 bits per heavy atom. The van der Waals surface area contributed by atoms with E-state index in [-0.39, 0.29) is 0 Å². The highest BCUT2D eigenvalue weighted by molar-refractivity contribution is 9.10. The number of nitrogens with one attached hydrogen (secondary N) is 1. The fourth-order valence-corrected chi connectivity index (χ4v) is 2.25. The fourth-order valence-electron chi connectivity index (χ4n) is 1.75. The predicted octanol–water partition coefficient (Wildman–Crippen LogP) is 4.68. The summed E-state index contributed by atoms with van der Waals surface area (Å²) in [6.07, 6.45) is 0. The molecule has 2 rings (SSSR count). The molecule has 0 aliphatic heterocycles. The van der Waals surface area contributed by atoms with E-state index < -0.39 is 0 Å². The molecule has 0 saturated heterocycles. The first kappa shape index (κ1) is 12.7. The van der Waals surface area contributed by atoms with Gasteiger partial charge in [0.25, 0.3) is 0 Å². The molecule has 3 heteroatoms. The van der Waals surface area contributed by atoms with Gasteiger partial charge in [-0.25, -0.2) is 0 Å². The Labute approximate surface area is 115 Å².